The van der Waals surface area contributed by atoms with Gasteiger partial charge in [0.2, 0.25) is 0 Å². The zero-order valence-corrected chi connectivity index (χ0v) is 12.2. The fraction of sp³-hybridized carbons (Fsp3) is 0.200. The first-order valence-electron chi connectivity index (χ1n) is 6.14. The highest BCUT2D eigenvalue weighted by Crippen LogP contribution is 2.16. The van der Waals surface area contributed by atoms with Crippen LogP contribution in [0.4, 0.5) is 4.39 Å². The quantitative estimate of drug-likeness (QED) is 0.881. The van der Waals surface area contributed by atoms with E-state index in [2.05, 4.69) is 16.8 Å². The van der Waals surface area contributed by atoms with Crippen LogP contribution in [0, 0.1) is 17.7 Å². The van der Waals surface area contributed by atoms with E-state index in [4.69, 9.17) is 5.11 Å². The first kappa shape index (κ1) is 15.2. The maximum Gasteiger partial charge on any atom is 0.272 e. The summed E-state index contributed by atoms with van der Waals surface area (Å²) in [4.78, 5) is 18.2. The molecule has 0 bridgehead atoms. The predicted octanol–water partition coefficient (Wildman–Crippen LogP) is 1.90. The van der Waals surface area contributed by atoms with Gasteiger partial charge in [0.15, 0.2) is 0 Å². The number of rotatable bonds is 3. The fourth-order valence-electron chi connectivity index (χ4n) is 1.69. The summed E-state index contributed by atoms with van der Waals surface area (Å²) in [6.45, 7) is 0.233. The minimum Gasteiger partial charge on any atom is -0.384 e. The predicted molar refractivity (Wildman–Crippen MR) is 78.3 cm³/mol. The molecule has 2 aromatic heterocycles. The molecule has 0 fully saturated rings. The van der Waals surface area contributed by atoms with Gasteiger partial charge >= 0.3 is 0 Å². The highest BCUT2D eigenvalue weighted by atomic mass is 32.1. The van der Waals surface area contributed by atoms with Crippen molar-refractivity contribution in [2.75, 3.05) is 13.7 Å². The molecule has 6 heteroatoms. The van der Waals surface area contributed by atoms with E-state index in [9.17, 15) is 9.18 Å². The maximum absolute atomic E-state index is 12.8. The number of hydrogen-bond donors (Lipinski definition) is 1. The standard InChI is InChI=1S/C15H13FN2O2S/c1-18(15(20)14-5-4-12(16)8-17-14)9-11-7-13(21-10-11)3-2-6-19/h4-5,7-8,10,19H,6,9H2,1H3. The van der Waals surface area contributed by atoms with Crippen LogP contribution in [0.2, 0.25) is 0 Å². The number of carbonyl (C=O) groups is 1. The molecule has 108 valence electrons. The van der Waals surface area contributed by atoms with Crippen molar-refractivity contribution < 1.29 is 14.3 Å². The van der Waals surface area contributed by atoms with Crippen LogP contribution < -0.4 is 0 Å². The molecule has 0 atom stereocenters. The molecule has 21 heavy (non-hydrogen) atoms. The average molecular weight is 304 g/mol. The molecule has 0 saturated heterocycles. The summed E-state index contributed by atoms with van der Waals surface area (Å²) in [6.07, 6.45) is 1.02. The first-order chi connectivity index (χ1) is 10.1. The zero-order chi connectivity index (χ0) is 15.2. The Morgan fingerprint density at radius 3 is 3.00 bits per heavy atom. The Bertz CT molecular complexity index is 686. The van der Waals surface area contributed by atoms with E-state index >= 15 is 0 Å². The van der Waals surface area contributed by atoms with E-state index in [1.54, 1.807) is 7.05 Å². The van der Waals surface area contributed by atoms with Crippen LogP contribution in [0.5, 0.6) is 0 Å². The van der Waals surface area contributed by atoms with E-state index < -0.39 is 5.82 Å². The molecular formula is C15H13FN2O2S. The number of aliphatic hydroxyl groups excluding tert-OH is 1. The molecular weight excluding hydrogens is 291 g/mol. The van der Waals surface area contributed by atoms with Gasteiger partial charge in [-0.3, -0.25) is 4.79 Å². The minimum absolute atomic E-state index is 0.179. The number of aliphatic hydroxyl groups is 1. The molecule has 2 heterocycles. The van der Waals surface area contributed by atoms with Crippen molar-refractivity contribution in [2.45, 2.75) is 6.54 Å². The number of carbonyl (C=O) groups excluding carboxylic acids is 1. The van der Waals surface area contributed by atoms with Crippen LogP contribution in [-0.4, -0.2) is 34.6 Å². The Morgan fingerprint density at radius 1 is 1.52 bits per heavy atom. The largest absolute Gasteiger partial charge is 0.384 e. The molecule has 1 amide bonds. The summed E-state index contributed by atoms with van der Waals surface area (Å²) in [5.41, 5.74) is 1.15. The molecule has 4 nitrogen and oxygen atoms in total. The van der Waals surface area contributed by atoms with Crippen LogP contribution in [0.15, 0.2) is 29.8 Å². The lowest BCUT2D eigenvalue weighted by molar-refractivity contribution is 0.0779. The van der Waals surface area contributed by atoms with Crippen molar-refractivity contribution in [3.8, 4) is 11.8 Å². The number of pyridine rings is 1. The van der Waals surface area contributed by atoms with E-state index in [0.717, 1.165) is 16.6 Å². The van der Waals surface area contributed by atoms with Gasteiger partial charge in [0.1, 0.15) is 18.1 Å². The second-order valence-electron chi connectivity index (χ2n) is 4.30. The third-order valence-corrected chi connectivity index (χ3v) is 3.55. The average Bonchev–Trinajstić information content (AvgIpc) is 2.92. The molecule has 0 radical (unpaired) electrons. The monoisotopic (exact) mass is 304 g/mol. The molecule has 0 aliphatic carbocycles. The fourth-order valence-corrected chi connectivity index (χ4v) is 2.47. The van der Waals surface area contributed by atoms with E-state index in [1.165, 1.54) is 28.4 Å². The summed E-state index contributed by atoms with van der Waals surface area (Å²) in [6, 6.07) is 4.44. The van der Waals surface area contributed by atoms with Crippen molar-refractivity contribution in [2.24, 2.45) is 0 Å². The second kappa shape index (κ2) is 6.97. The van der Waals surface area contributed by atoms with Crippen molar-refractivity contribution in [3.63, 3.8) is 0 Å². The normalized spacial score (nSPS) is 9.86. The highest BCUT2D eigenvalue weighted by Gasteiger charge is 2.14. The third kappa shape index (κ3) is 4.12. The summed E-state index contributed by atoms with van der Waals surface area (Å²) < 4.78 is 12.8. The maximum atomic E-state index is 12.8. The first-order valence-corrected chi connectivity index (χ1v) is 7.02. The van der Waals surface area contributed by atoms with Crippen LogP contribution in [0.25, 0.3) is 0 Å². The second-order valence-corrected chi connectivity index (χ2v) is 5.21. The van der Waals surface area contributed by atoms with Crippen LogP contribution in [-0.2, 0) is 6.54 Å². The van der Waals surface area contributed by atoms with Gasteiger partial charge in [0.05, 0.1) is 11.1 Å². The summed E-state index contributed by atoms with van der Waals surface area (Å²) >= 11 is 1.45. The highest BCUT2D eigenvalue weighted by molar-refractivity contribution is 7.10. The number of halogens is 1. The van der Waals surface area contributed by atoms with Gasteiger partial charge in [-0.15, -0.1) is 11.3 Å². The van der Waals surface area contributed by atoms with Crippen LogP contribution >= 0.6 is 11.3 Å². The smallest absolute Gasteiger partial charge is 0.272 e. The van der Waals surface area contributed by atoms with Gasteiger partial charge in [-0.05, 0) is 29.1 Å². The van der Waals surface area contributed by atoms with Crippen molar-refractivity contribution >= 4 is 17.2 Å². The number of hydrogen-bond acceptors (Lipinski definition) is 4. The SMILES string of the molecule is CN(Cc1csc(C#CCO)c1)C(=O)c1ccc(F)cn1. The van der Waals surface area contributed by atoms with Gasteiger partial charge in [0, 0.05) is 13.6 Å². The molecule has 1 N–H and O–H groups in total. The summed E-state index contributed by atoms with van der Waals surface area (Å²) in [5.74, 6) is 4.64. The Hall–Kier alpha value is -2.23. The summed E-state index contributed by atoms with van der Waals surface area (Å²) in [5, 5.41) is 10.5. The lowest BCUT2D eigenvalue weighted by atomic mass is 10.2. The number of nitrogens with zero attached hydrogens (tertiary/aromatic N) is 2. The molecule has 0 unspecified atom stereocenters. The molecule has 0 aromatic carbocycles. The Labute approximate surface area is 125 Å². The van der Waals surface area contributed by atoms with Gasteiger partial charge in [-0.1, -0.05) is 11.8 Å². The topological polar surface area (TPSA) is 53.4 Å². The summed E-state index contributed by atoms with van der Waals surface area (Å²) in [7, 11) is 1.66. The lowest BCUT2D eigenvalue weighted by Gasteiger charge is -2.15. The van der Waals surface area contributed by atoms with Crippen molar-refractivity contribution in [1.82, 2.24) is 9.88 Å². The molecule has 0 aliphatic heterocycles. The number of thiophene rings is 1. The lowest BCUT2D eigenvalue weighted by Crippen LogP contribution is -2.26. The van der Waals surface area contributed by atoms with Crippen molar-refractivity contribution in [3.05, 3.63) is 51.7 Å². The Kier molecular flexibility index (Phi) is 5.04. The van der Waals surface area contributed by atoms with E-state index in [0.29, 0.717) is 6.54 Å². The van der Waals surface area contributed by atoms with Crippen molar-refractivity contribution in [1.29, 1.82) is 0 Å². The number of aromatic nitrogens is 1. The third-order valence-electron chi connectivity index (χ3n) is 2.66. The van der Waals surface area contributed by atoms with Gasteiger partial charge in [-0.2, -0.15) is 0 Å². The zero-order valence-electron chi connectivity index (χ0n) is 11.3. The Balaban J connectivity index is 2.03. The van der Waals surface area contributed by atoms with Gasteiger partial charge in [0.25, 0.3) is 5.91 Å². The molecule has 0 spiro atoms. The minimum atomic E-state index is -0.473. The molecule has 2 rings (SSSR count). The number of amides is 1. The molecule has 2 aromatic rings. The van der Waals surface area contributed by atoms with E-state index in [1.807, 2.05) is 11.4 Å². The Morgan fingerprint density at radius 2 is 2.33 bits per heavy atom. The van der Waals surface area contributed by atoms with Gasteiger partial charge < -0.3 is 10.0 Å². The van der Waals surface area contributed by atoms with E-state index in [-0.39, 0.29) is 18.2 Å². The molecule has 0 aliphatic rings. The van der Waals surface area contributed by atoms with Crippen LogP contribution in [0.1, 0.15) is 20.9 Å². The van der Waals surface area contributed by atoms with Crippen LogP contribution in [0.3, 0.4) is 0 Å². The molecule has 0 saturated carbocycles. The van der Waals surface area contributed by atoms with Gasteiger partial charge in [-0.25, -0.2) is 9.37 Å².